The predicted octanol–water partition coefficient (Wildman–Crippen LogP) is 1.88. The second-order valence-electron chi connectivity index (χ2n) is 6.31. The van der Waals surface area contributed by atoms with Crippen molar-refractivity contribution in [1.29, 1.82) is 0 Å². The van der Waals surface area contributed by atoms with Crippen molar-refractivity contribution in [2.45, 2.75) is 12.8 Å². The number of halogens is 1. The van der Waals surface area contributed by atoms with Gasteiger partial charge in [-0.05, 0) is 36.2 Å². The average molecular weight is 341 g/mol. The first-order valence-electron chi connectivity index (χ1n) is 7.94. The van der Waals surface area contributed by atoms with E-state index in [1.165, 1.54) is 16.9 Å². The van der Waals surface area contributed by atoms with E-state index in [4.69, 9.17) is 0 Å². The van der Waals surface area contributed by atoms with Gasteiger partial charge < -0.3 is 10.0 Å². The molecule has 128 valence electrons. The van der Waals surface area contributed by atoms with E-state index in [1.54, 1.807) is 31.2 Å². The number of rotatable bonds is 3. The fourth-order valence-corrected chi connectivity index (χ4v) is 3.38. The number of anilines is 1. The number of aliphatic carboxylic acids is 1. The minimum atomic E-state index is -0.933. The van der Waals surface area contributed by atoms with Crippen molar-refractivity contribution in [3.63, 3.8) is 0 Å². The summed E-state index contributed by atoms with van der Waals surface area (Å²) < 4.78 is 15.9. The molecule has 1 aromatic carbocycles. The van der Waals surface area contributed by atoms with Crippen LogP contribution < -0.4 is 4.90 Å². The number of fused-ring (bicyclic) bond motifs is 1. The Labute approximate surface area is 142 Å². The molecule has 1 N–H and O–H groups in total. The van der Waals surface area contributed by atoms with Gasteiger partial charge in [0.15, 0.2) is 5.65 Å². The molecule has 0 aliphatic carbocycles. The van der Waals surface area contributed by atoms with Crippen LogP contribution in [0.4, 0.5) is 10.2 Å². The number of hydrogen-bond acceptors (Lipinski definition) is 5. The van der Waals surface area contributed by atoms with Crippen LogP contribution in [0.5, 0.6) is 0 Å². The first kappa shape index (κ1) is 15.5. The summed E-state index contributed by atoms with van der Waals surface area (Å²) in [5, 5.41) is 21.7. The molecule has 7 nitrogen and oxygen atoms in total. The second kappa shape index (κ2) is 5.80. The maximum Gasteiger partial charge on any atom is 0.308 e. The topological polar surface area (TPSA) is 83.6 Å². The second-order valence-corrected chi connectivity index (χ2v) is 6.31. The third-order valence-corrected chi connectivity index (χ3v) is 4.66. The van der Waals surface area contributed by atoms with Gasteiger partial charge >= 0.3 is 5.97 Å². The van der Waals surface area contributed by atoms with Gasteiger partial charge in [0.1, 0.15) is 18.0 Å². The largest absolute Gasteiger partial charge is 0.481 e. The van der Waals surface area contributed by atoms with Gasteiger partial charge in [-0.3, -0.25) is 4.79 Å². The molecule has 1 fully saturated rings. The fourth-order valence-electron chi connectivity index (χ4n) is 3.38. The van der Waals surface area contributed by atoms with Crippen LogP contribution in [0.25, 0.3) is 5.65 Å². The van der Waals surface area contributed by atoms with Crippen molar-refractivity contribution in [3.8, 4) is 0 Å². The van der Waals surface area contributed by atoms with E-state index < -0.39 is 17.8 Å². The highest BCUT2D eigenvalue weighted by Gasteiger charge is 2.40. The standard InChI is InChI=1S/C17H16FN5O2/c1-10-2-3-11(14(18)6-10)12-7-22(8-13(12)17(24)25)16-5-4-15-20-19-9-23(15)21-16/h2-6,9,12-13H,7-8H2,1H3,(H,24,25). The normalized spacial score (nSPS) is 20.3. The Hall–Kier alpha value is -3.03. The first-order valence-corrected chi connectivity index (χ1v) is 7.94. The molecule has 4 rings (SSSR count). The highest BCUT2D eigenvalue weighted by atomic mass is 19.1. The number of nitrogens with zero attached hydrogens (tertiary/aromatic N) is 5. The quantitative estimate of drug-likeness (QED) is 0.783. The number of aromatic nitrogens is 4. The molecule has 2 atom stereocenters. The summed E-state index contributed by atoms with van der Waals surface area (Å²) in [5.41, 5.74) is 1.85. The third-order valence-electron chi connectivity index (χ3n) is 4.66. The molecular formula is C17H16FN5O2. The highest BCUT2D eigenvalue weighted by Crippen LogP contribution is 2.36. The van der Waals surface area contributed by atoms with Gasteiger partial charge in [0, 0.05) is 19.0 Å². The fraction of sp³-hybridized carbons (Fsp3) is 0.294. The van der Waals surface area contributed by atoms with Gasteiger partial charge in [-0.2, -0.15) is 4.52 Å². The van der Waals surface area contributed by atoms with Crippen molar-refractivity contribution in [2.75, 3.05) is 18.0 Å². The maximum absolute atomic E-state index is 14.4. The van der Waals surface area contributed by atoms with E-state index >= 15 is 0 Å². The summed E-state index contributed by atoms with van der Waals surface area (Å²) >= 11 is 0. The Morgan fingerprint density at radius 3 is 2.88 bits per heavy atom. The molecule has 0 bridgehead atoms. The minimum absolute atomic E-state index is 0.272. The summed E-state index contributed by atoms with van der Waals surface area (Å²) in [7, 11) is 0. The van der Waals surface area contributed by atoms with Crippen molar-refractivity contribution < 1.29 is 14.3 Å². The monoisotopic (exact) mass is 341 g/mol. The molecule has 1 aliphatic heterocycles. The van der Waals surface area contributed by atoms with Crippen LogP contribution in [0.15, 0.2) is 36.7 Å². The van der Waals surface area contributed by atoms with Crippen LogP contribution in [0.3, 0.4) is 0 Å². The van der Waals surface area contributed by atoms with Gasteiger partial charge in [0.05, 0.1) is 5.92 Å². The molecule has 2 unspecified atom stereocenters. The summed E-state index contributed by atoms with van der Waals surface area (Å²) in [4.78, 5) is 13.6. The van der Waals surface area contributed by atoms with Crippen LogP contribution in [0.1, 0.15) is 17.0 Å². The molecular weight excluding hydrogens is 325 g/mol. The molecule has 3 heterocycles. The summed E-state index contributed by atoms with van der Waals surface area (Å²) in [6.45, 7) is 2.46. The molecule has 0 radical (unpaired) electrons. The van der Waals surface area contributed by atoms with E-state index in [1.807, 2.05) is 4.90 Å². The van der Waals surface area contributed by atoms with Gasteiger partial charge in [-0.15, -0.1) is 15.3 Å². The molecule has 1 saturated heterocycles. The summed E-state index contributed by atoms with van der Waals surface area (Å²) in [6.07, 6.45) is 1.49. The Morgan fingerprint density at radius 1 is 1.28 bits per heavy atom. The zero-order valence-corrected chi connectivity index (χ0v) is 13.5. The van der Waals surface area contributed by atoms with E-state index in [-0.39, 0.29) is 12.4 Å². The van der Waals surface area contributed by atoms with Gasteiger partial charge in [-0.25, -0.2) is 4.39 Å². The summed E-state index contributed by atoms with van der Waals surface area (Å²) in [6, 6.07) is 8.48. The number of carbonyl (C=O) groups is 1. The van der Waals surface area contributed by atoms with Crippen molar-refractivity contribution in [1.82, 2.24) is 19.8 Å². The van der Waals surface area contributed by atoms with Crippen molar-refractivity contribution in [3.05, 3.63) is 53.6 Å². The first-order chi connectivity index (χ1) is 12.0. The minimum Gasteiger partial charge on any atom is -0.481 e. The summed E-state index contributed by atoms with van der Waals surface area (Å²) in [5.74, 6) is -1.81. The number of benzene rings is 1. The molecule has 0 amide bonds. The molecule has 1 aliphatic rings. The molecule has 0 spiro atoms. The van der Waals surface area contributed by atoms with Crippen LogP contribution in [-0.4, -0.2) is 44.0 Å². The molecule has 25 heavy (non-hydrogen) atoms. The number of carboxylic acid groups (broad SMARTS) is 1. The predicted molar refractivity (Wildman–Crippen MR) is 88.0 cm³/mol. The van der Waals surface area contributed by atoms with E-state index in [0.717, 1.165) is 5.56 Å². The third kappa shape index (κ3) is 2.69. The van der Waals surface area contributed by atoms with E-state index in [2.05, 4.69) is 15.3 Å². The number of carboxylic acids is 1. The van der Waals surface area contributed by atoms with Gasteiger partial charge in [0.2, 0.25) is 0 Å². The molecule has 8 heteroatoms. The average Bonchev–Trinajstić information content (AvgIpc) is 3.21. The number of aryl methyl sites for hydroxylation is 1. The van der Waals surface area contributed by atoms with E-state index in [9.17, 15) is 14.3 Å². The zero-order valence-electron chi connectivity index (χ0n) is 13.5. The van der Waals surface area contributed by atoms with Gasteiger partial charge in [0.25, 0.3) is 0 Å². The zero-order chi connectivity index (χ0) is 17.6. The molecule has 0 saturated carbocycles. The Morgan fingerprint density at radius 2 is 2.12 bits per heavy atom. The lowest BCUT2D eigenvalue weighted by atomic mass is 9.88. The Bertz CT molecular complexity index is 957. The lowest BCUT2D eigenvalue weighted by Crippen LogP contribution is -2.24. The van der Waals surface area contributed by atoms with Crippen molar-refractivity contribution >= 4 is 17.4 Å². The number of hydrogen-bond donors (Lipinski definition) is 1. The van der Waals surface area contributed by atoms with Crippen molar-refractivity contribution in [2.24, 2.45) is 5.92 Å². The van der Waals surface area contributed by atoms with Crippen LogP contribution in [0, 0.1) is 18.7 Å². The highest BCUT2D eigenvalue weighted by molar-refractivity contribution is 5.74. The Balaban J connectivity index is 1.69. The Kier molecular flexibility index (Phi) is 3.60. The van der Waals surface area contributed by atoms with E-state index in [0.29, 0.717) is 23.6 Å². The lowest BCUT2D eigenvalue weighted by molar-refractivity contribution is -0.141. The van der Waals surface area contributed by atoms with Crippen LogP contribution in [0.2, 0.25) is 0 Å². The van der Waals surface area contributed by atoms with Crippen LogP contribution in [-0.2, 0) is 4.79 Å². The molecule has 2 aromatic heterocycles. The smallest absolute Gasteiger partial charge is 0.308 e. The van der Waals surface area contributed by atoms with Gasteiger partial charge in [-0.1, -0.05) is 12.1 Å². The molecule has 3 aromatic rings. The van der Waals surface area contributed by atoms with Crippen LogP contribution >= 0.6 is 0 Å². The SMILES string of the molecule is Cc1ccc(C2CN(c3ccc4nncn4n3)CC2C(=O)O)c(F)c1. The lowest BCUT2D eigenvalue weighted by Gasteiger charge is -2.17. The maximum atomic E-state index is 14.4.